The predicted molar refractivity (Wildman–Crippen MR) is 102 cm³/mol. The molecule has 1 aromatic carbocycles. The van der Waals surface area contributed by atoms with Crippen LogP contribution in [0.4, 0.5) is 0 Å². The molecule has 0 unspecified atom stereocenters. The van der Waals surface area contributed by atoms with Crippen molar-refractivity contribution >= 4 is 11.8 Å². The van der Waals surface area contributed by atoms with Crippen LogP contribution in [0.1, 0.15) is 75.1 Å². The maximum atomic E-state index is 12.3. The Kier molecular flexibility index (Phi) is 11.0. The zero-order valence-electron chi connectivity index (χ0n) is 16.4. The van der Waals surface area contributed by atoms with Gasteiger partial charge in [0.25, 0.3) is 11.8 Å². The first-order valence-electron chi connectivity index (χ1n) is 9.34. The minimum atomic E-state index is -0.120. The molecule has 2 amide bonds. The summed E-state index contributed by atoms with van der Waals surface area (Å²) in [6.07, 6.45) is 1.75. The Morgan fingerprint density at radius 1 is 0.792 bits per heavy atom. The lowest BCUT2D eigenvalue weighted by Crippen LogP contribution is -2.46. The lowest BCUT2D eigenvalue weighted by atomic mass is 10.0. The number of nitrogens with zero attached hydrogens (tertiary/aromatic N) is 2. The van der Waals surface area contributed by atoms with Crippen LogP contribution in [0.2, 0.25) is 0 Å². The molecule has 1 fully saturated rings. The molecule has 0 aromatic heterocycles. The molecule has 3 rings (SSSR count). The number of rotatable bonds is 1. The number of carbonyl (C=O) groups is 2. The van der Waals surface area contributed by atoms with E-state index in [0.717, 1.165) is 25.9 Å². The highest BCUT2D eigenvalue weighted by Crippen LogP contribution is 2.28. The minimum absolute atomic E-state index is 0.0635. The van der Waals surface area contributed by atoms with Crippen LogP contribution < -0.4 is 0 Å². The van der Waals surface area contributed by atoms with Gasteiger partial charge in [-0.1, -0.05) is 53.7 Å². The van der Waals surface area contributed by atoms with Gasteiger partial charge in [0.1, 0.15) is 0 Å². The smallest absolute Gasteiger partial charge is 0.261 e. The highest BCUT2D eigenvalue weighted by molar-refractivity contribution is 6.21. The fourth-order valence-corrected chi connectivity index (χ4v) is 2.79. The van der Waals surface area contributed by atoms with Crippen LogP contribution in [0.15, 0.2) is 24.3 Å². The number of hydrogen-bond acceptors (Lipinski definition) is 3. The minimum Gasteiger partial charge on any atom is -0.306 e. The molecule has 2 aliphatic heterocycles. The first kappa shape index (κ1) is 22.3. The molecule has 0 bridgehead atoms. The Labute approximate surface area is 147 Å². The van der Waals surface area contributed by atoms with Gasteiger partial charge in [-0.05, 0) is 45.1 Å². The zero-order valence-corrected chi connectivity index (χ0v) is 16.4. The molecule has 4 heteroatoms. The van der Waals surface area contributed by atoms with E-state index in [2.05, 4.69) is 11.9 Å². The predicted octanol–water partition coefficient (Wildman–Crippen LogP) is 4.46. The summed E-state index contributed by atoms with van der Waals surface area (Å²) in [5.41, 5.74) is 1.11. The second-order valence-corrected chi connectivity index (χ2v) is 5.06. The second kappa shape index (κ2) is 11.8. The molecule has 0 N–H and O–H groups in total. The Bertz CT molecular complexity index is 471. The van der Waals surface area contributed by atoms with Crippen molar-refractivity contribution in [3.05, 3.63) is 35.4 Å². The Balaban J connectivity index is 0.000000798. The van der Waals surface area contributed by atoms with Crippen LogP contribution in [0, 0.1) is 0 Å². The molecule has 1 aromatic rings. The van der Waals surface area contributed by atoms with Crippen molar-refractivity contribution < 1.29 is 9.59 Å². The largest absolute Gasteiger partial charge is 0.306 e. The van der Waals surface area contributed by atoms with E-state index in [-0.39, 0.29) is 17.9 Å². The summed E-state index contributed by atoms with van der Waals surface area (Å²) in [6, 6.07) is 7.16. The van der Waals surface area contributed by atoms with Gasteiger partial charge < -0.3 is 4.90 Å². The molecule has 0 spiro atoms. The monoisotopic (exact) mass is 334 g/mol. The highest BCUT2D eigenvalue weighted by Gasteiger charge is 2.40. The van der Waals surface area contributed by atoms with Crippen LogP contribution in [0.3, 0.4) is 0 Å². The average Bonchev–Trinajstić information content (AvgIpc) is 2.92. The van der Waals surface area contributed by atoms with E-state index in [0.29, 0.717) is 11.1 Å². The summed E-state index contributed by atoms with van der Waals surface area (Å²) >= 11 is 0. The van der Waals surface area contributed by atoms with Crippen molar-refractivity contribution in [1.82, 2.24) is 9.80 Å². The van der Waals surface area contributed by atoms with Crippen LogP contribution >= 0.6 is 0 Å². The van der Waals surface area contributed by atoms with Gasteiger partial charge in [-0.2, -0.15) is 0 Å². The summed E-state index contributed by atoms with van der Waals surface area (Å²) in [6.45, 7) is 13.9. The molecule has 0 radical (unpaired) electrons. The molecule has 136 valence electrons. The van der Waals surface area contributed by atoms with Gasteiger partial charge in [0, 0.05) is 6.04 Å². The molecule has 0 atom stereocenters. The van der Waals surface area contributed by atoms with Crippen molar-refractivity contribution in [1.29, 1.82) is 0 Å². The topological polar surface area (TPSA) is 40.6 Å². The van der Waals surface area contributed by atoms with Crippen LogP contribution in [-0.4, -0.2) is 47.8 Å². The van der Waals surface area contributed by atoms with Crippen molar-refractivity contribution in [2.24, 2.45) is 0 Å². The second-order valence-electron chi connectivity index (χ2n) is 5.06. The fourth-order valence-electron chi connectivity index (χ4n) is 2.79. The summed E-state index contributed by atoms with van der Waals surface area (Å²) in [4.78, 5) is 28.3. The standard InChI is InChI=1S/C14H16N2O2.3C2H6/c1-15-8-6-10(7-9-15)16-13(17)11-4-2-3-5-12(11)14(16)18;3*1-2/h2-5,10H,6-9H2,1H3;3*1-2H3. The zero-order chi connectivity index (χ0) is 18.7. The van der Waals surface area contributed by atoms with E-state index in [1.54, 1.807) is 12.1 Å². The number of imide groups is 1. The molecular formula is C20H34N2O2. The molecule has 4 nitrogen and oxygen atoms in total. The van der Waals surface area contributed by atoms with E-state index in [4.69, 9.17) is 0 Å². The SMILES string of the molecule is CC.CC.CC.CN1CCC(N2C(=O)c3ccccc3C2=O)CC1. The molecule has 0 saturated carbocycles. The van der Waals surface area contributed by atoms with Crippen molar-refractivity contribution in [2.75, 3.05) is 20.1 Å². The summed E-state index contributed by atoms with van der Waals surface area (Å²) in [5.74, 6) is -0.240. The summed E-state index contributed by atoms with van der Waals surface area (Å²) in [5, 5.41) is 0. The summed E-state index contributed by atoms with van der Waals surface area (Å²) in [7, 11) is 2.07. The van der Waals surface area contributed by atoms with Crippen LogP contribution in [0.5, 0.6) is 0 Å². The maximum Gasteiger partial charge on any atom is 0.261 e. The van der Waals surface area contributed by atoms with E-state index < -0.39 is 0 Å². The Morgan fingerprint density at radius 3 is 1.54 bits per heavy atom. The first-order valence-corrected chi connectivity index (χ1v) is 9.34. The number of hydrogen-bond donors (Lipinski definition) is 0. The van der Waals surface area contributed by atoms with E-state index in [1.807, 2.05) is 53.7 Å². The molecule has 24 heavy (non-hydrogen) atoms. The lowest BCUT2D eigenvalue weighted by Gasteiger charge is -2.33. The third-order valence-electron chi connectivity index (χ3n) is 3.88. The van der Waals surface area contributed by atoms with E-state index in [9.17, 15) is 9.59 Å². The van der Waals surface area contributed by atoms with Gasteiger partial charge in [0.15, 0.2) is 0 Å². The van der Waals surface area contributed by atoms with Gasteiger partial charge in [-0.3, -0.25) is 14.5 Å². The number of piperidine rings is 1. The van der Waals surface area contributed by atoms with Crippen molar-refractivity contribution in [3.8, 4) is 0 Å². The quantitative estimate of drug-likeness (QED) is 0.712. The molecule has 1 saturated heterocycles. The number of amides is 2. The Hall–Kier alpha value is -1.68. The molecule has 2 heterocycles. The lowest BCUT2D eigenvalue weighted by molar-refractivity contribution is 0.0516. The van der Waals surface area contributed by atoms with Crippen LogP contribution in [-0.2, 0) is 0 Å². The van der Waals surface area contributed by atoms with Gasteiger partial charge in [-0.25, -0.2) is 0 Å². The number of fused-ring (bicyclic) bond motifs is 1. The summed E-state index contributed by atoms with van der Waals surface area (Å²) < 4.78 is 0. The number of benzene rings is 1. The van der Waals surface area contributed by atoms with Crippen molar-refractivity contribution in [2.45, 2.75) is 60.4 Å². The fraction of sp³-hybridized carbons (Fsp3) is 0.600. The third-order valence-corrected chi connectivity index (χ3v) is 3.88. The number of carbonyl (C=O) groups excluding carboxylic acids is 2. The van der Waals surface area contributed by atoms with E-state index in [1.165, 1.54) is 4.90 Å². The number of likely N-dealkylation sites (tertiary alicyclic amines) is 1. The van der Waals surface area contributed by atoms with Gasteiger partial charge in [0.05, 0.1) is 11.1 Å². The molecular weight excluding hydrogens is 300 g/mol. The van der Waals surface area contributed by atoms with Crippen LogP contribution in [0.25, 0.3) is 0 Å². The third kappa shape index (κ3) is 4.91. The average molecular weight is 335 g/mol. The normalized spacial score (nSPS) is 16.9. The first-order chi connectivity index (χ1) is 11.7. The van der Waals surface area contributed by atoms with Crippen molar-refractivity contribution in [3.63, 3.8) is 0 Å². The Morgan fingerprint density at radius 2 is 1.17 bits per heavy atom. The van der Waals surface area contributed by atoms with Gasteiger partial charge in [0.2, 0.25) is 0 Å². The highest BCUT2D eigenvalue weighted by atomic mass is 16.2. The molecule has 0 aliphatic carbocycles. The molecule has 2 aliphatic rings. The van der Waals surface area contributed by atoms with Gasteiger partial charge >= 0.3 is 0 Å². The van der Waals surface area contributed by atoms with E-state index >= 15 is 0 Å². The van der Waals surface area contributed by atoms with Gasteiger partial charge in [-0.15, -0.1) is 0 Å². The maximum absolute atomic E-state index is 12.3.